The van der Waals surface area contributed by atoms with Crippen LogP contribution < -0.4 is 10.6 Å². The molecule has 0 aliphatic heterocycles. The summed E-state index contributed by atoms with van der Waals surface area (Å²) in [5.74, 6) is -0.280. The first kappa shape index (κ1) is 11.3. The van der Waals surface area contributed by atoms with Crippen LogP contribution in [-0.4, -0.2) is 30.7 Å². The van der Waals surface area contributed by atoms with Crippen LogP contribution in [0.15, 0.2) is 0 Å². The van der Waals surface area contributed by atoms with Crippen molar-refractivity contribution in [3.63, 3.8) is 0 Å². The molecule has 0 rings (SSSR count). The van der Waals surface area contributed by atoms with Gasteiger partial charge in [-0.1, -0.05) is 6.92 Å². The van der Waals surface area contributed by atoms with Crippen LogP contribution in [0.1, 0.15) is 13.3 Å². The lowest BCUT2D eigenvalue weighted by atomic mass is 10.4. The number of rotatable bonds is 5. The van der Waals surface area contributed by atoms with Gasteiger partial charge in [0.05, 0.1) is 12.3 Å². The molecular formula is C7H14N2O2S. The van der Waals surface area contributed by atoms with Gasteiger partial charge in [-0.25, -0.2) is 0 Å². The highest BCUT2D eigenvalue weighted by Crippen LogP contribution is 1.74. The predicted molar refractivity (Wildman–Crippen MR) is 50.2 cm³/mol. The molecule has 0 atom stereocenters. The van der Waals surface area contributed by atoms with Crippen LogP contribution in [-0.2, 0) is 9.59 Å². The molecule has 0 radical (unpaired) electrons. The molecule has 0 aliphatic rings. The van der Waals surface area contributed by atoms with E-state index in [9.17, 15) is 9.59 Å². The maximum atomic E-state index is 10.9. The maximum absolute atomic E-state index is 10.9. The number of carbonyl (C=O) groups is 2. The van der Waals surface area contributed by atoms with Gasteiger partial charge >= 0.3 is 0 Å². The van der Waals surface area contributed by atoms with E-state index in [0.29, 0.717) is 6.54 Å². The first-order chi connectivity index (χ1) is 5.70. The van der Waals surface area contributed by atoms with Crippen molar-refractivity contribution in [2.24, 2.45) is 0 Å². The van der Waals surface area contributed by atoms with Crippen LogP contribution in [0.5, 0.6) is 0 Å². The zero-order valence-corrected chi connectivity index (χ0v) is 7.99. The Labute approximate surface area is 77.5 Å². The third-order valence-electron chi connectivity index (χ3n) is 1.16. The SMILES string of the molecule is CCCNC(=O)CNC(=O)CS. The van der Waals surface area contributed by atoms with Gasteiger partial charge < -0.3 is 10.6 Å². The summed E-state index contributed by atoms with van der Waals surface area (Å²) in [6.45, 7) is 2.65. The Morgan fingerprint density at radius 3 is 2.42 bits per heavy atom. The lowest BCUT2D eigenvalue weighted by Gasteiger charge is -2.03. The van der Waals surface area contributed by atoms with E-state index in [2.05, 4.69) is 23.3 Å². The average molecular weight is 190 g/mol. The van der Waals surface area contributed by atoms with E-state index >= 15 is 0 Å². The van der Waals surface area contributed by atoms with Gasteiger partial charge in [0.1, 0.15) is 0 Å². The average Bonchev–Trinajstić information content (AvgIpc) is 2.10. The molecule has 70 valence electrons. The maximum Gasteiger partial charge on any atom is 0.239 e. The van der Waals surface area contributed by atoms with Crippen LogP contribution in [0.25, 0.3) is 0 Å². The molecule has 0 bridgehead atoms. The Hall–Kier alpha value is -0.710. The molecule has 5 heteroatoms. The topological polar surface area (TPSA) is 58.2 Å². The van der Waals surface area contributed by atoms with Crippen LogP contribution >= 0.6 is 12.6 Å². The van der Waals surface area contributed by atoms with Crippen molar-refractivity contribution in [2.45, 2.75) is 13.3 Å². The number of thiol groups is 1. The lowest BCUT2D eigenvalue weighted by molar-refractivity contribution is -0.124. The van der Waals surface area contributed by atoms with E-state index in [1.54, 1.807) is 0 Å². The minimum absolute atomic E-state index is 0.0411. The number of hydrogen-bond donors (Lipinski definition) is 3. The Kier molecular flexibility index (Phi) is 6.55. The highest BCUT2D eigenvalue weighted by molar-refractivity contribution is 7.81. The summed E-state index contributed by atoms with van der Waals surface area (Å²) in [6, 6.07) is 0. The normalized spacial score (nSPS) is 9.17. The Balaban J connectivity index is 3.37. The van der Waals surface area contributed by atoms with E-state index < -0.39 is 0 Å². The molecule has 0 aromatic heterocycles. The third-order valence-corrected chi connectivity index (χ3v) is 1.45. The summed E-state index contributed by atoms with van der Waals surface area (Å²) >= 11 is 3.74. The highest BCUT2D eigenvalue weighted by Gasteiger charge is 2.01. The summed E-state index contributed by atoms with van der Waals surface area (Å²) in [5.41, 5.74) is 0. The number of carbonyl (C=O) groups excluding carboxylic acids is 2. The number of nitrogens with one attached hydrogen (secondary N) is 2. The van der Waals surface area contributed by atoms with Crippen LogP contribution in [0.4, 0.5) is 0 Å². The van der Waals surface area contributed by atoms with Gasteiger partial charge in [0.15, 0.2) is 0 Å². The Morgan fingerprint density at radius 1 is 1.25 bits per heavy atom. The molecule has 0 unspecified atom stereocenters. The van der Waals surface area contributed by atoms with Crippen molar-refractivity contribution in [1.29, 1.82) is 0 Å². The summed E-state index contributed by atoms with van der Waals surface area (Å²) in [7, 11) is 0. The van der Waals surface area contributed by atoms with Crippen molar-refractivity contribution in [3.8, 4) is 0 Å². The summed E-state index contributed by atoms with van der Waals surface area (Å²) in [6.07, 6.45) is 0.895. The minimum atomic E-state index is -0.231. The molecule has 0 saturated carbocycles. The van der Waals surface area contributed by atoms with Crippen LogP contribution in [0.2, 0.25) is 0 Å². The fraction of sp³-hybridized carbons (Fsp3) is 0.714. The fourth-order valence-electron chi connectivity index (χ4n) is 0.562. The monoisotopic (exact) mass is 190 g/mol. The predicted octanol–water partition coefficient (Wildman–Crippen LogP) is -0.441. The van der Waals surface area contributed by atoms with Crippen molar-refractivity contribution < 1.29 is 9.59 Å². The van der Waals surface area contributed by atoms with Crippen LogP contribution in [0, 0.1) is 0 Å². The molecule has 2 amide bonds. The number of amides is 2. The molecule has 2 N–H and O–H groups in total. The second-order valence-corrected chi connectivity index (χ2v) is 2.60. The molecule has 0 heterocycles. The zero-order valence-electron chi connectivity index (χ0n) is 7.09. The second kappa shape index (κ2) is 6.97. The van der Waals surface area contributed by atoms with Gasteiger partial charge in [-0.05, 0) is 6.42 Å². The van der Waals surface area contributed by atoms with Gasteiger partial charge in [0.25, 0.3) is 0 Å². The largest absolute Gasteiger partial charge is 0.355 e. The van der Waals surface area contributed by atoms with E-state index in [1.807, 2.05) is 6.92 Å². The molecule has 0 aromatic rings. The number of hydrogen-bond acceptors (Lipinski definition) is 3. The smallest absolute Gasteiger partial charge is 0.239 e. The highest BCUT2D eigenvalue weighted by atomic mass is 32.1. The zero-order chi connectivity index (χ0) is 9.40. The van der Waals surface area contributed by atoms with Gasteiger partial charge in [-0.3, -0.25) is 9.59 Å². The standard InChI is InChI=1S/C7H14N2O2S/c1-2-3-8-6(10)4-9-7(11)5-12/h12H,2-5H2,1H3,(H,8,10)(H,9,11). The molecule has 0 aliphatic carbocycles. The second-order valence-electron chi connectivity index (χ2n) is 2.28. The molecule has 0 saturated heterocycles. The quantitative estimate of drug-likeness (QED) is 0.515. The Morgan fingerprint density at radius 2 is 1.92 bits per heavy atom. The molecule has 0 spiro atoms. The van der Waals surface area contributed by atoms with Crippen molar-refractivity contribution in [3.05, 3.63) is 0 Å². The van der Waals surface area contributed by atoms with E-state index in [-0.39, 0.29) is 24.1 Å². The molecule has 12 heavy (non-hydrogen) atoms. The van der Waals surface area contributed by atoms with Gasteiger partial charge in [-0.2, -0.15) is 12.6 Å². The third kappa shape index (κ3) is 6.03. The Bertz CT molecular complexity index is 161. The summed E-state index contributed by atoms with van der Waals surface area (Å²) < 4.78 is 0. The van der Waals surface area contributed by atoms with Gasteiger partial charge in [0.2, 0.25) is 11.8 Å². The fourth-order valence-corrected chi connectivity index (χ4v) is 0.673. The molecule has 4 nitrogen and oxygen atoms in total. The van der Waals surface area contributed by atoms with E-state index in [1.165, 1.54) is 0 Å². The van der Waals surface area contributed by atoms with Crippen LogP contribution in [0.3, 0.4) is 0 Å². The van der Waals surface area contributed by atoms with E-state index in [0.717, 1.165) is 6.42 Å². The van der Waals surface area contributed by atoms with Crippen molar-refractivity contribution >= 4 is 24.4 Å². The molecular weight excluding hydrogens is 176 g/mol. The van der Waals surface area contributed by atoms with Crippen molar-refractivity contribution in [1.82, 2.24) is 10.6 Å². The van der Waals surface area contributed by atoms with Crippen molar-refractivity contribution in [2.75, 3.05) is 18.8 Å². The minimum Gasteiger partial charge on any atom is -0.355 e. The van der Waals surface area contributed by atoms with E-state index in [4.69, 9.17) is 0 Å². The lowest BCUT2D eigenvalue weighted by Crippen LogP contribution is -2.37. The summed E-state index contributed by atoms with van der Waals surface area (Å²) in [5, 5.41) is 5.05. The van der Waals surface area contributed by atoms with Gasteiger partial charge in [-0.15, -0.1) is 0 Å². The molecule has 0 fully saturated rings. The first-order valence-corrected chi connectivity index (χ1v) is 4.48. The van der Waals surface area contributed by atoms with Gasteiger partial charge in [0, 0.05) is 6.54 Å². The molecule has 0 aromatic carbocycles. The first-order valence-electron chi connectivity index (χ1n) is 3.85. The summed E-state index contributed by atoms with van der Waals surface area (Å²) in [4.78, 5) is 21.5.